The predicted molar refractivity (Wildman–Crippen MR) is 76.0 cm³/mol. The molecule has 0 aliphatic heterocycles. The Hall–Kier alpha value is -2.16. The van der Waals surface area contributed by atoms with Crippen LogP contribution in [-0.2, 0) is 6.54 Å². The van der Waals surface area contributed by atoms with Crippen LogP contribution in [0.3, 0.4) is 0 Å². The highest BCUT2D eigenvalue weighted by atomic mass is 16.2. The van der Waals surface area contributed by atoms with E-state index in [0.29, 0.717) is 6.54 Å². The van der Waals surface area contributed by atoms with E-state index in [0.717, 1.165) is 22.4 Å². The summed E-state index contributed by atoms with van der Waals surface area (Å²) in [4.78, 5) is 18.3. The molecule has 0 N–H and O–H groups in total. The van der Waals surface area contributed by atoms with Gasteiger partial charge in [-0.3, -0.25) is 9.78 Å². The zero-order valence-corrected chi connectivity index (χ0v) is 11.6. The molecule has 1 heterocycles. The van der Waals surface area contributed by atoms with Gasteiger partial charge in [0.1, 0.15) is 0 Å². The lowest BCUT2D eigenvalue weighted by Crippen LogP contribution is -2.27. The molecule has 0 saturated heterocycles. The zero-order chi connectivity index (χ0) is 13.8. The number of aryl methyl sites for hydroxylation is 1. The molecule has 2 rings (SSSR count). The number of pyridine rings is 1. The van der Waals surface area contributed by atoms with Gasteiger partial charge in [0.2, 0.25) is 0 Å². The maximum absolute atomic E-state index is 12.4. The first-order valence-electron chi connectivity index (χ1n) is 6.31. The molecule has 3 heteroatoms. The first kappa shape index (κ1) is 13.3. The van der Waals surface area contributed by atoms with Gasteiger partial charge < -0.3 is 4.90 Å². The van der Waals surface area contributed by atoms with Gasteiger partial charge >= 0.3 is 0 Å². The molecule has 0 unspecified atom stereocenters. The molecule has 19 heavy (non-hydrogen) atoms. The standard InChI is InChI=1S/C16H18N2O/c1-12-13(2)17-10-9-15(12)16(19)18(3)11-14-7-5-4-6-8-14/h4-10H,11H2,1-3H3. The summed E-state index contributed by atoms with van der Waals surface area (Å²) in [5.41, 5.74) is 3.71. The quantitative estimate of drug-likeness (QED) is 0.843. The highest BCUT2D eigenvalue weighted by molar-refractivity contribution is 5.95. The van der Waals surface area contributed by atoms with Crippen molar-refractivity contribution in [3.05, 3.63) is 65.0 Å². The monoisotopic (exact) mass is 254 g/mol. The van der Waals surface area contributed by atoms with Crippen LogP contribution in [0.25, 0.3) is 0 Å². The number of hydrogen-bond donors (Lipinski definition) is 0. The van der Waals surface area contributed by atoms with Crippen LogP contribution in [0.5, 0.6) is 0 Å². The van der Waals surface area contributed by atoms with Gasteiger partial charge in [0.15, 0.2) is 0 Å². The molecule has 3 nitrogen and oxygen atoms in total. The second-order valence-electron chi connectivity index (χ2n) is 4.72. The maximum Gasteiger partial charge on any atom is 0.254 e. The number of carbonyl (C=O) groups excluding carboxylic acids is 1. The van der Waals surface area contributed by atoms with Crippen molar-refractivity contribution < 1.29 is 4.79 Å². The molecule has 0 aliphatic rings. The Kier molecular flexibility index (Phi) is 3.95. The largest absolute Gasteiger partial charge is 0.337 e. The van der Waals surface area contributed by atoms with E-state index in [9.17, 15) is 4.79 Å². The molecule has 0 spiro atoms. The number of hydrogen-bond acceptors (Lipinski definition) is 2. The van der Waals surface area contributed by atoms with Gasteiger partial charge in [-0.25, -0.2) is 0 Å². The second kappa shape index (κ2) is 5.65. The van der Waals surface area contributed by atoms with Crippen LogP contribution in [0.2, 0.25) is 0 Å². The Bertz CT molecular complexity index is 579. The summed E-state index contributed by atoms with van der Waals surface area (Å²) in [6.07, 6.45) is 1.69. The van der Waals surface area contributed by atoms with Crippen LogP contribution in [0, 0.1) is 13.8 Å². The van der Waals surface area contributed by atoms with Gasteiger partial charge in [-0.05, 0) is 31.0 Å². The topological polar surface area (TPSA) is 33.2 Å². The third-order valence-electron chi connectivity index (χ3n) is 3.30. The SMILES string of the molecule is Cc1nccc(C(=O)N(C)Cc2ccccc2)c1C. The van der Waals surface area contributed by atoms with Crippen LogP contribution in [0.1, 0.15) is 27.2 Å². The van der Waals surface area contributed by atoms with Crippen LogP contribution in [0.15, 0.2) is 42.6 Å². The molecule has 0 bridgehead atoms. The Morgan fingerprint density at radius 2 is 1.84 bits per heavy atom. The molecule has 98 valence electrons. The van der Waals surface area contributed by atoms with Crippen LogP contribution >= 0.6 is 0 Å². The number of aromatic nitrogens is 1. The van der Waals surface area contributed by atoms with Gasteiger partial charge in [-0.15, -0.1) is 0 Å². The minimum Gasteiger partial charge on any atom is -0.337 e. The summed E-state index contributed by atoms with van der Waals surface area (Å²) in [5.74, 6) is 0.0341. The van der Waals surface area contributed by atoms with Gasteiger partial charge in [0, 0.05) is 31.0 Å². The van der Waals surface area contributed by atoms with Crippen molar-refractivity contribution in [2.75, 3.05) is 7.05 Å². The van der Waals surface area contributed by atoms with Crippen molar-refractivity contribution in [1.82, 2.24) is 9.88 Å². The Morgan fingerprint density at radius 1 is 1.16 bits per heavy atom. The van der Waals surface area contributed by atoms with Crippen molar-refractivity contribution >= 4 is 5.91 Å². The van der Waals surface area contributed by atoms with Crippen LogP contribution in [0.4, 0.5) is 0 Å². The van der Waals surface area contributed by atoms with E-state index in [2.05, 4.69) is 4.98 Å². The molecule has 0 fully saturated rings. The van der Waals surface area contributed by atoms with E-state index in [1.165, 1.54) is 0 Å². The molecule has 0 saturated carbocycles. The molecule has 0 radical (unpaired) electrons. The lowest BCUT2D eigenvalue weighted by Gasteiger charge is -2.18. The van der Waals surface area contributed by atoms with Gasteiger partial charge in [-0.2, -0.15) is 0 Å². The fourth-order valence-corrected chi connectivity index (χ4v) is 2.01. The smallest absolute Gasteiger partial charge is 0.254 e. The average molecular weight is 254 g/mol. The summed E-state index contributed by atoms with van der Waals surface area (Å²) in [6, 6.07) is 11.8. The van der Waals surface area contributed by atoms with E-state index in [1.54, 1.807) is 17.2 Å². The summed E-state index contributed by atoms with van der Waals surface area (Å²) < 4.78 is 0. The lowest BCUT2D eigenvalue weighted by molar-refractivity contribution is 0.0784. The Balaban J connectivity index is 2.18. The van der Waals surface area contributed by atoms with E-state index < -0.39 is 0 Å². The van der Waals surface area contributed by atoms with E-state index in [1.807, 2.05) is 51.2 Å². The van der Waals surface area contributed by atoms with Gasteiger partial charge in [0.25, 0.3) is 5.91 Å². The number of nitrogens with zero attached hydrogens (tertiary/aromatic N) is 2. The molecule has 0 atom stereocenters. The summed E-state index contributed by atoms with van der Waals surface area (Å²) >= 11 is 0. The predicted octanol–water partition coefficient (Wildman–Crippen LogP) is 2.97. The molecule has 1 amide bonds. The fourth-order valence-electron chi connectivity index (χ4n) is 2.01. The highest BCUT2D eigenvalue weighted by Crippen LogP contribution is 2.14. The number of carbonyl (C=O) groups is 1. The van der Waals surface area contributed by atoms with Crippen molar-refractivity contribution in [2.45, 2.75) is 20.4 Å². The third kappa shape index (κ3) is 2.99. The normalized spacial score (nSPS) is 10.3. The summed E-state index contributed by atoms with van der Waals surface area (Å²) in [6.45, 7) is 4.47. The number of amides is 1. The van der Waals surface area contributed by atoms with Gasteiger partial charge in [-0.1, -0.05) is 30.3 Å². The molecule has 2 aromatic rings. The zero-order valence-electron chi connectivity index (χ0n) is 11.6. The first-order chi connectivity index (χ1) is 9.09. The first-order valence-corrected chi connectivity index (χ1v) is 6.31. The van der Waals surface area contributed by atoms with Crippen molar-refractivity contribution in [3.63, 3.8) is 0 Å². The van der Waals surface area contributed by atoms with Crippen LogP contribution in [-0.4, -0.2) is 22.8 Å². The third-order valence-corrected chi connectivity index (χ3v) is 3.30. The molecular weight excluding hydrogens is 236 g/mol. The molecular formula is C16H18N2O. The minimum atomic E-state index is 0.0341. The summed E-state index contributed by atoms with van der Waals surface area (Å²) in [5, 5.41) is 0. The maximum atomic E-state index is 12.4. The molecule has 0 aliphatic carbocycles. The average Bonchev–Trinajstić information content (AvgIpc) is 2.42. The van der Waals surface area contributed by atoms with E-state index in [-0.39, 0.29) is 5.91 Å². The number of rotatable bonds is 3. The minimum absolute atomic E-state index is 0.0341. The Labute approximate surface area is 113 Å². The van der Waals surface area contributed by atoms with Crippen molar-refractivity contribution in [1.29, 1.82) is 0 Å². The molecule has 1 aromatic carbocycles. The lowest BCUT2D eigenvalue weighted by atomic mass is 10.1. The van der Waals surface area contributed by atoms with E-state index >= 15 is 0 Å². The van der Waals surface area contributed by atoms with E-state index in [4.69, 9.17) is 0 Å². The van der Waals surface area contributed by atoms with Crippen LogP contribution < -0.4 is 0 Å². The highest BCUT2D eigenvalue weighted by Gasteiger charge is 2.15. The van der Waals surface area contributed by atoms with Crippen molar-refractivity contribution in [3.8, 4) is 0 Å². The van der Waals surface area contributed by atoms with Crippen molar-refractivity contribution in [2.24, 2.45) is 0 Å². The Morgan fingerprint density at radius 3 is 2.53 bits per heavy atom. The second-order valence-corrected chi connectivity index (χ2v) is 4.72. The molecule has 1 aromatic heterocycles. The number of benzene rings is 1. The fraction of sp³-hybridized carbons (Fsp3) is 0.250. The summed E-state index contributed by atoms with van der Waals surface area (Å²) in [7, 11) is 1.82. The van der Waals surface area contributed by atoms with Gasteiger partial charge in [0.05, 0.1) is 0 Å².